The Morgan fingerprint density at radius 1 is 1.50 bits per heavy atom. The average molecular weight is 245 g/mol. The van der Waals surface area contributed by atoms with Gasteiger partial charge in [-0.1, -0.05) is 0 Å². The minimum atomic E-state index is 0.239. The lowest BCUT2D eigenvalue weighted by Gasteiger charge is -2.30. The first-order valence-electron chi connectivity index (χ1n) is 5.83. The summed E-state index contributed by atoms with van der Waals surface area (Å²) in [5.41, 5.74) is 0. The van der Waals surface area contributed by atoms with Gasteiger partial charge in [-0.05, 0) is 13.2 Å². The molecule has 1 heterocycles. The predicted molar refractivity (Wildman–Crippen MR) is 69.9 cm³/mol. The Morgan fingerprint density at radius 3 is 2.69 bits per heavy atom. The normalized spacial score (nSPS) is 19.4. The minimum Gasteiger partial charge on any atom is -0.341 e. The zero-order valence-corrected chi connectivity index (χ0v) is 11.3. The molecule has 0 bridgehead atoms. The van der Waals surface area contributed by atoms with Gasteiger partial charge in [0.25, 0.3) is 0 Å². The quantitative estimate of drug-likeness (QED) is 0.745. The van der Waals surface area contributed by atoms with E-state index in [4.69, 9.17) is 0 Å². The van der Waals surface area contributed by atoms with Crippen molar-refractivity contribution in [1.82, 2.24) is 15.1 Å². The van der Waals surface area contributed by atoms with Crippen molar-refractivity contribution >= 4 is 17.7 Å². The molecule has 1 fully saturated rings. The van der Waals surface area contributed by atoms with Crippen molar-refractivity contribution in [3.63, 3.8) is 0 Å². The lowest BCUT2D eigenvalue weighted by atomic mass is 10.3. The molecule has 0 aromatic rings. The molecule has 5 heteroatoms. The van der Waals surface area contributed by atoms with Crippen molar-refractivity contribution < 1.29 is 4.79 Å². The van der Waals surface area contributed by atoms with Crippen LogP contribution in [0.3, 0.4) is 0 Å². The van der Waals surface area contributed by atoms with Gasteiger partial charge in [0.2, 0.25) is 5.91 Å². The fourth-order valence-electron chi connectivity index (χ4n) is 1.77. The molecule has 0 aromatic heterocycles. The zero-order valence-electron chi connectivity index (χ0n) is 10.5. The molecule has 1 atom stereocenters. The Morgan fingerprint density at radius 2 is 2.12 bits per heavy atom. The fourth-order valence-corrected chi connectivity index (χ4v) is 2.48. The van der Waals surface area contributed by atoms with Crippen molar-refractivity contribution in [2.45, 2.75) is 13.0 Å². The number of hydrogen-bond acceptors (Lipinski definition) is 4. The predicted octanol–water partition coefficient (Wildman–Crippen LogP) is 0.102. The van der Waals surface area contributed by atoms with E-state index in [-0.39, 0.29) is 5.91 Å². The van der Waals surface area contributed by atoms with Gasteiger partial charge in [0.1, 0.15) is 0 Å². The van der Waals surface area contributed by atoms with E-state index in [9.17, 15) is 4.79 Å². The molecule has 1 saturated heterocycles. The topological polar surface area (TPSA) is 35.6 Å². The van der Waals surface area contributed by atoms with Crippen LogP contribution in [0.2, 0.25) is 0 Å². The summed E-state index contributed by atoms with van der Waals surface area (Å²) in [5, 5.41) is 3.29. The molecule has 4 nitrogen and oxygen atoms in total. The summed E-state index contributed by atoms with van der Waals surface area (Å²) in [6.45, 7) is 6.63. The summed E-state index contributed by atoms with van der Waals surface area (Å²) in [7, 11) is 1.91. The number of hydrogen-bond donors (Lipinski definition) is 1. The molecule has 1 rings (SSSR count). The van der Waals surface area contributed by atoms with E-state index in [1.54, 1.807) is 11.8 Å². The Kier molecular flexibility index (Phi) is 6.16. The lowest BCUT2D eigenvalue weighted by molar-refractivity contribution is -0.132. The summed E-state index contributed by atoms with van der Waals surface area (Å²) in [5.74, 6) is 1.24. The van der Waals surface area contributed by atoms with Crippen molar-refractivity contribution in [3.8, 4) is 0 Å². The Balaban J connectivity index is 2.32. The monoisotopic (exact) mass is 245 g/mol. The standard InChI is InChI=1S/C11H23N3OS/c1-10(9-16-3)13(2)11(15)8-14-6-4-12-5-7-14/h10,12H,4-9H2,1-3H3. The Bertz CT molecular complexity index is 219. The highest BCUT2D eigenvalue weighted by Crippen LogP contribution is 2.05. The maximum atomic E-state index is 12.0. The second-order valence-electron chi connectivity index (χ2n) is 4.34. The number of piperazine rings is 1. The van der Waals surface area contributed by atoms with Crippen molar-refractivity contribution in [2.24, 2.45) is 0 Å². The first-order chi connectivity index (χ1) is 7.65. The molecule has 1 aliphatic rings. The number of rotatable bonds is 5. The zero-order chi connectivity index (χ0) is 12.0. The van der Waals surface area contributed by atoms with E-state index in [2.05, 4.69) is 23.4 Å². The molecule has 0 saturated carbocycles. The van der Waals surface area contributed by atoms with E-state index >= 15 is 0 Å². The van der Waals surface area contributed by atoms with Gasteiger partial charge in [-0.3, -0.25) is 9.69 Å². The number of nitrogens with zero attached hydrogens (tertiary/aromatic N) is 2. The van der Waals surface area contributed by atoms with Gasteiger partial charge in [-0.15, -0.1) is 0 Å². The van der Waals surface area contributed by atoms with Crippen LogP contribution in [0.15, 0.2) is 0 Å². The number of nitrogens with one attached hydrogen (secondary N) is 1. The number of thioether (sulfide) groups is 1. The maximum Gasteiger partial charge on any atom is 0.236 e. The molecule has 1 aliphatic heterocycles. The van der Waals surface area contributed by atoms with Gasteiger partial charge in [0.05, 0.1) is 6.54 Å². The molecule has 16 heavy (non-hydrogen) atoms. The maximum absolute atomic E-state index is 12.0. The van der Waals surface area contributed by atoms with E-state index in [1.165, 1.54) is 0 Å². The fraction of sp³-hybridized carbons (Fsp3) is 0.909. The van der Waals surface area contributed by atoms with Gasteiger partial charge >= 0.3 is 0 Å². The lowest BCUT2D eigenvalue weighted by Crippen LogP contribution is -2.49. The van der Waals surface area contributed by atoms with Crippen LogP contribution in [0, 0.1) is 0 Å². The second kappa shape index (κ2) is 7.14. The summed E-state index contributed by atoms with van der Waals surface area (Å²) in [6, 6.07) is 0.324. The van der Waals surface area contributed by atoms with Crippen LogP contribution in [0.5, 0.6) is 0 Å². The molecule has 1 amide bonds. The van der Waals surface area contributed by atoms with Crippen LogP contribution >= 0.6 is 11.8 Å². The van der Waals surface area contributed by atoms with Gasteiger partial charge in [0, 0.05) is 45.0 Å². The molecular weight excluding hydrogens is 222 g/mol. The largest absolute Gasteiger partial charge is 0.341 e. The molecule has 0 spiro atoms. The summed E-state index contributed by atoms with van der Waals surface area (Å²) < 4.78 is 0. The number of carbonyl (C=O) groups is 1. The highest BCUT2D eigenvalue weighted by Gasteiger charge is 2.19. The van der Waals surface area contributed by atoms with Crippen LogP contribution in [0.1, 0.15) is 6.92 Å². The highest BCUT2D eigenvalue weighted by atomic mass is 32.2. The highest BCUT2D eigenvalue weighted by molar-refractivity contribution is 7.98. The summed E-state index contributed by atoms with van der Waals surface area (Å²) in [4.78, 5) is 16.1. The summed E-state index contributed by atoms with van der Waals surface area (Å²) in [6.07, 6.45) is 2.07. The SMILES string of the molecule is CSCC(C)N(C)C(=O)CN1CCNCC1. The second-order valence-corrected chi connectivity index (χ2v) is 5.25. The summed E-state index contributed by atoms with van der Waals surface area (Å²) >= 11 is 1.78. The van der Waals surface area contributed by atoms with Crippen molar-refractivity contribution in [1.29, 1.82) is 0 Å². The third-order valence-corrected chi connectivity index (χ3v) is 3.85. The van der Waals surface area contributed by atoms with Crippen LogP contribution in [-0.2, 0) is 4.79 Å². The van der Waals surface area contributed by atoms with Crippen molar-refractivity contribution in [3.05, 3.63) is 0 Å². The van der Waals surface area contributed by atoms with Crippen LogP contribution in [-0.4, -0.2) is 73.5 Å². The van der Waals surface area contributed by atoms with E-state index in [0.29, 0.717) is 12.6 Å². The first-order valence-corrected chi connectivity index (χ1v) is 7.22. The third kappa shape index (κ3) is 4.31. The van der Waals surface area contributed by atoms with Gasteiger partial charge in [-0.25, -0.2) is 0 Å². The Hall–Kier alpha value is -0.260. The molecular formula is C11H23N3OS. The van der Waals surface area contributed by atoms with E-state index in [1.807, 2.05) is 11.9 Å². The number of likely N-dealkylation sites (N-methyl/N-ethyl adjacent to an activating group) is 1. The van der Waals surface area contributed by atoms with Gasteiger partial charge in [0.15, 0.2) is 0 Å². The van der Waals surface area contributed by atoms with Crippen LogP contribution in [0.4, 0.5) is 0 Å². The van der Waals surface area contributed by atoms with E-state index < -0.39 is 0 Å². The van der Waals surface area contributed by atoms with E-state index in [0.717, 1.165) is 31.9 Å². The average Bonchev–Trinajstić information content (AvgIpc) is 2.29. The Labute approximate surface area is 103 Å². The van der Waals surface area contributed by atoms with Crippen LogP contribution < -0.4 is 5.32 Å². The molecule has 0 aliphatic carbocycles. The van der Waals surface area contributed by atoms with Crippen LogP contribution in [0.25, 0.3) is 0 Å². The smallest absolute Gasteiger partial charge is 0.236 e. The number of carbonyl (C=O) groups excluding carboxylic acids is 1. The number of amides is 1. The molecule has 0 radical (unpaired) electrons. The van der Waals surface area contributed by atoms with Gasteiger partial charge in [-0.2, -0.15) is 11.8 Å². The minimum absolute atomic E-state index is 0.239. The molecule has 1 N–H and O–H groups in total. The van der Waals surface area contributed by atoms with Crippen molar-refractivity contribution in [2.75, 3.05) is 51.8 Å². The molecule has 94 valence electrons. The molecule has 1 unspecified atom stereocenters. The van der Waals surface area contributed by atoms with Gasteiger partial charge < -0.3 is 10.2 Å². The molecule has 0 aromatic carbocycles. The first kappa shape index (κ1) is 13.8. The third-order valence-electron chi connectivity index (χ3n) is 3.03.